The number of ether oxygens (including phenoxy) is 1. The van der Waals surface area contributed by atoms with Crippen LogP contribution in [0.25, 0.3) is 11.5 Å². The molecule has 9 nitrogen and oxygen atoms in total. The number of aryl methyl sites for hydroxylation is 2. The second-order valence-corrected chi connectivity index (χ2v) is 7.22. The Morgan fingerprint density at radius 1 is 1.21 bits per heavy atom. The lowest BCUT2D eigenvalue weighted by Crippen LogP contribution is -2.38. The normalized spacial score (nSPS) is 14.8. The van der Waals surface area contributed by atoms with E-state index < -0.39 is 0 Å². The molecule has 0 atom stereocenters. The molecule has 1 aliphatic heterocycles. The van der Waals surface area contributed by atoms with Crippen molar-refractivity contribution in [3.63, 3.8) is 0 Å². The minimum atomic E-state index is 0.310. The summed E-state index contributed by atoms with van der Waals surface area (Å²) in [6.07, 6.45) is 1.61. The smallest absolute Gasteiger partial charge is 0.316 e. The van der Waals surface area contributed by atoms with Crippen LogP contribution in [0.2, 0.25) is 0 Å². The molecule has 0 saturated carbocycles. The summed E-state index contributed by atoms with van der Waals surface area (Å²) >= 11 is 0. The van der Waals surface area contributed by atoms with Gasteiger partial charge in [0, 0.05) is 25.7 Å². The quantitative estimate of drug-likeness (QED) is 0.691. The molecule has 0 aliphatic carbocycles. The van der Waals surface area contributed by atoms with Gasteiger partial charge in [-0.3, -0.25) is 4.68 Å². The van der Waals surface area contributed by atoms with Crippen LogP contribution in [0.1, 0.15) is 36.8 Å². The second-order valence-electron chi connectivity index (χ2n) is 7.22. The lowest BCUT2D eigenvalue weighted by atomic mass is 10.1. The highest BCUT2D eigenvalue weighted by Crippen LogP contribution is 2.30. The van der Waals surface area contributed by atoms with Gasteiger partial charge in [-0.25, -0.2) is 0 Å². The zero-order chi connectivity index (χ0) is 19.7. The molecule has 28 heavy (non-hydrogen) atoms. The molecule has 1 saturated heterocycles. The number of hydrogen-bond donors (Lipinski definition) is 1. The summed E-state index contributed by atoms with van der Waals surface area (Å²) in [5.41, 5.74) is 3.03. The average molecular weight is 386 g/mol. The number of anilines is 2. The average Bonchev–Trinajstić information content (AvgIpc) is 3.39. The number of morpholine rings is 1. The predicted octanol–water partition coefficient (Wildman–Crippen LogP) is 2.94. The van der Waals surface area contributed by atoms with E-state index in [0.717, 1.165) is 54.7 Å². The van der Waals surface area contributed by atoms with E-state index in [-0.39, 0.29) is 0 Å². The monoisotopic (exact) mass is 386 g/mol. The lowest BCUT2D eigenvalue weighted by Gasteiger charge is -2.29. The lowest BCUT2D eigenvalue weighted by molar-refractivity contribution is 0.122. The fourth-order valence-electron chi connectivity index (χ4n) is 3.56. The largest absolute Gasteiger partial charge is 0.469 e. The molecule has 1 fully saturated rings. The number of aromatic nitrogens is 4. The van der Waals surface area contributed by atoms with E-state index in [2.05, 4.69) is 34.3 Å². The van der Waals surface area contributed by atoms with Crippen LogP contribution >= 0.6 is 0 Å². The highest BCUT2D eigenvalue weighted by molar-refractivity contribution is 5.56. The molecule has 0 radical (unpaired) electrons. The molecule has 4 rings (SSSR count). The molecule has 3 aromatic rings. The Bertz CT molecular complexity index is 936. The summed E-state index contributed by atoms with van der Waals surface area (Å²) in [6.45, 7) is 9.90. The van der Waals surface area contributed by atoms with E-state index >= 15 is 0 Å². The van der Waals surface area contributed by atoms with Crippen LogP contribution in [0.5, 0.6) is 0 Å². The molecular formula is C19H26N6O3. The summed E-state index contributed by atoms with van der Waals surface area (Å²) in [5.74, 6) is 2.62. The van der Waals surface area contributed by atoms with Gasteiger partial charge in [-0.1, -0.05) is 18.9 Å². The van der Waals surface area contributed by atoms with Gasteiger partial charge in [0.2, 0.25) is 0 Å². The minimum absolute atomic E-state index is 0.310. The number of rotatable bonds is 6. The Labute approximate surface area is 163 Å². The Morgan fingerprint density at radius 2 is 2.00 bits per heavy atom. The van der Waals surface area contributed by atoms with Crippen molar-refractivity contribution >= 4 is 11.8 Å². The van der Waals surface area contributed by atoms with Gasteiger partial charge >= 0.3 is 6.01 Å². The molecule has 1 aliphatic rings. The van der Waals surface area contributed by atoms with Gasteiger partial charge < -0.3 is 23.8 Å². The van der Waals surface area contributed by atoms with Crippen molar-refractivity contribution in [3.8, 4) is 11.5 Å². The van der Waals surface area contributed by atoms with Crippen molar-refractivity contribution in [3.05, 3.63) is 29.3 Å². The Balaban J connectivity index is 1.57. The van der Waals surface area contributed by atoms with Crippen LogP contribution in [0.15, 0.2) is 21.2 Å². The highest BCUT2D eigenvalue weighted by Gasteiger charge is 2.24. The first-order valence-corrected chi connectivity index (χ1v) is 9.55. The number of hydrogen-bond acceptors (Lipinski definition) is 8. The van der Waals surface area contributed by atoms with Gasteiger partial charge in [0.1, 0.15) is 11.6 Å². The first kappa shape index (κ1) is 18.5. The molecule has 1 N–H and O–H groups in total. The minimum Gasteiger partial charge on any atom is -0.469 e. The van der Waals surface area contributed by atoms with Crippen molar-refractivity contribution in [1.82, 2.24) is 20.0 Å². The second kappa shape index (κ2) is 7.67. The summed E-state index contributed by atoms with van der Waals surface area (Å²) in [7, 11) is 1.99. The molecule has 0 amide bonds. The van der Waals surface area contributed by atoms with E-state index in [1.807, 2.05) is 24.7 Å². The fraction of sp³-hybridized carbons (Fsp3) is 0.526. The SMILES string of the molecule is Cc1occc1-c1nnc(NCc2c(C(C)C)nn(C)c2N2CCOCC2)o1. The van der Waals surface area contributed by atoms with E-state index in [1.54, 1.807) is 6.26 Å². The first-order valence-electron chi connectivity index (χ1n) is 9.55. The topological polar surface area (TPSA) is 94.4 Å². The zero-order valence-electron chi connectivity index (χ0n) is 16.7. The van der Waals surface area contributed by atoms with Gasteiger partial charge in [-0.05, 0) is 18.9 Å². The summed E-state index contributed by atoms with van der Waals surface area (Å²) in [5, 5.41) is 16.3. The van der Waals surface area contributed by atoms with Gasteiger partial charge in [-0.15, -0.1) is 5.10 Å². The van der Waals surface area contributed by atoms with E-state index in [0.29, 0.717) is 24.4 Å². The summed E-state index contributed by atoms with van der Waals surface area (Å²) in [6, 6.07) is 2.20. The number of nitrogens with one attached hydrogen (secondary N) is 1. The molecule has 0 bridgehead atoms. The van der Waals surface area contributed by atoms with Crippen LogP contribution < -0.4 is 10.2 Å². The van der Waals surface area contributed by atoms with Crippen LogP contribution in [0.4, 0.5) is 11.8 Å². The predicted molar refractivity (Wildman–Crippen MR) is 104 cm³/mol. The standard InChI is InChI=1S/C19H26N6O3/c1-12(2)16-15(18(24(4)23-16)25-6-9-26-10-7-25)11-20-19-22-21-17(28-19)14-5-8-27-13(14)3/h5,8,12H,6-7,9-11H2,1-4H3,(H,20,22). The molecule has 0 unspecified atom stereocenters. The summed E-state index contributed by atoms with van der Waals surface area (Å²) < 4.78 is 18.5. The van der Waals surface area contributed by atoms with Crippen molar-refractivity contribution in [2.24, 2.45) is 7.05 Å². The van der Waals surface area contributed by atoms with Crippen molar-refractivity contribution in [2.45, 2.75) is 33.2 Å². The first-order chi connectivity index (χ1) is 13.5. The Hall–Kier alpha value is -2.81. The highest BCUT2D eigenvalue weighted by atomic mass is 16.5. The molecule has 3 aromatic heterocycles. The molecule has 0 spiro atoms. The van der Waals surface area contributed by atoms with Gasteiger partial charge in [0.25, 0.3) is 5.89 Å². The molecule has 150 valence electrons. The van der Waals surface area contributed by atoms with Crippen molar-refractivity contribution in [2.75, 3.05) is 36.5 Å². The summed E-state index contributed by atoms with van der Waals surface area (Å²) in [4.78, 5) is 2.33. The van der Waals surface area contributed by atoms with Crippen LogP contribution in [0.3, 0.4) is 0 Å². The van der Waals surface area contributed by atoms with E-state index in [1.165, 1.54) is 0 Å². The Kier molecular flexibility index (Phi) is 5.08. The Morgan fingerprint density at radius 3 is 2.68 bits per heavy atom. The number of nitrogens with zero attached hydrogens (tertiary/aromatic N) is 5. The zero-order valence-corrected chi connectivity index (χ0v) is 16.7. The maximum absolute atomic E-state index is 5.77. The van der Waals surface area contributed by atoms with Gasteiger partial charge in [-0.2, -0.15) is 5.10 Å². The third kappa shape index (κ3) is 3.49. The van der Waals surface area contributed by atoms with Gasteiger partial charge in [0.15, 0.2) is 0 Å². The fourth-order valence-corrected chi connectivity index (χ4v) is 3.56. The molecule has 4 heterocycles. The van der Waals surface area contributed by atoms with E-state index in [9.17, 15) is 0 Å². The third-order valence-electron chi connectivity index (χ3n) is 4.93. The van der Waals surface area contributed by atoms with Crippen LogP contribution in [-0.2, 0) is 18.3 Å². The molecule has 0 aromatic carbocycles. The maximum atomic E-state index is 5.77. The van der Waals surface area contributed by atoms with Crippen molar-refractivity contribution < 1.29 is 13.6 Å². The van der Waals surface area contributed by atoms with Crippen LogP contribution in [-0.4, -0.2) is 46.3 Å². The van der Waals surface area contributed by atoms with Gasteiger partial charge in [0.05, 0.1) is 37.3 Å². The maximum Gasteiger partial charge on any atom is 0.316 e. The molecule has 9 heteroatoms. The molecular weight excluding hydrogens is 360 g/mol. The van der Waals surface area contributed by atoms with Crippen molar-refractivity contribution in [1.29, 1.82) is 0 Å². The third-order valence-corrected chi connectivity index (χ3v) is 4.93. The number of furan rings is 1. The van der Waals surface area contributed by atoms with Crippen LogP contribution in [0, 0.1) is 6.92 Å². The van der Waals surface area contributed by atoms with E-state index in [4.69, 9.17) is 18.7 Å².